The smallest absolute Gasteiger partial charge is 0.390 e. The van der Waals surface area contributed by atoms with Crippen molar-refractivity contribution in [3.8, 4) is 33.8 Å². The maximum Gasteiger partial charge on any atom is 0.401 e. The highest BCUT2D eigenvalue weighted by Gasteiger charge is 2.35. The summed E-state index contributed by atoms with van der Waals surface area (Å²) in [4.78, 5) is 79.7. The molecule has 113 heavy (non-hydrogen) atoms. The van der Waals surface area contributed by atoms with Gasteiger partial charge in [0.1, 0.15) is 46.0 Å². The number of nitrogens with one attached hydrogen (secondary N) is 7. The molecule has 2 aromatic carbocycles. The second kappa shape index (κ2) is 31.1. The third-order valence-corrected chi connectivity index (χ3v) is 21.6. The summed E-state index contributed by atoms with van der Waals surface area (Å²) in [6.45, 7) is 6.80. The SMILES string of the molecule is CN(C)Cc1nc(Nc2cnc(-c3ccnc4[nH]ccc34)c3c2C(=O)NC3)ccc1[C@@H]1CCOC1.CN(Cc1nc(Nc2ccc(-c3cnc4cc(F)ccn34)c3c2C(=O)NC3)ccc1[C@@H]1CCOC1)CC(F)(F)F.O=C1NCc2c(-c3cnc4cc(F)ccn34)ccc(Nc3ccc([C@@H]4CCOC4)c(CN4CC(O)C4)n3)c21. The molecule has 7 aliphatic rings. The van der Waals surface area contributed by atoms with E-state index in [0.29, 0.717) is 145 Å². The first-order chi connectivity index (χ1) is 54.8. The summed E-state index contributed by atoms with van der Waals surface area (Å²) in [5, 5.41) is 29.5. The topological polar surface area (TPSA) is 296 Å². The maximum atomic E-state index is 13.7. The van der Waals surface area contributed by atoms with Crippen LogP contribution in [-0.4, -0.2) is 179 Å². The number of rotatable bonds is 19. The summed E-state index contributed by atoms with van der Waals surface area (Å²) in [5.74, 6) is 1.23. The quantitative estimate of drug-likeness (QED) is 0.0349. The van der Waals surface area contributed by atoms with Crippen molar-refractivity contribution >= 4 is 74.6 Å². The molecule has 3 atom stereocenters. The van der Waals surface area contributed by atoms with Crippen LogP contribution in [0.25, 0.3) is 56.1 Å². The average Bonchev–Trinajstić information content (AvgIpc) is 1.65. The molecule has 10 aromatic heterocycles. The van der Waals surface area contributed by atoms with Crippen LogP contribution in [0.5, 0.6) is 0 Å². The van der Waals surface area contributed by atoms with Crippen molar-refractivity contribution in [2.75, 3.05) is 96.4 Å². The van der Waals surface area contributed by atoms with Gasteiger partial charge in [-0.1, -0.05) is 30.3 Å². The molecule has 12 aromatic rings. The molecular weight excluding hydrogens is 1460 g/mol. The van der Waals surface area contributed by atoms with Crippen LogP contribution in [0.3, 0.4) is 0 Å². The number of alkyl halides is 3. The molecule has 0 saturated carbocycles. The van der Waals surface area contributed by atoms with Crippen LogP contribution in [-0.2, 0) is 53.5 Å². The van der Waals surface area contributed by atoms with E-state index < -0.39 is 18.5 Å². The third kappa shape index (κ3) is 15.3. The van der Waals surface area contributed by atoms with Gasteiger partial charge in [0.2, 0.25) is 0 Å². The molecule has 4 fully saturated rings. The molecule has 7 aliphatic heterocycles. The largest absolute Gasteiger partial charge is 0.401 e. The van der Waals surface area contributed by atoms with Gasteiger partial charge in [0.15, 0.2) is 0 Å². The van der Waals surface area contributed by atoms with Crippen LogP contribution >= 0.6 is 0 Å². The molecule has 26 nitrogen and oxygen atoms in total. The van der Waals surface area contributed by atoms with E-state index in [1.165, 1.54) is 47.3 Å². The molecule has 0 spiro atoms. The molecule has 17 heterocycles. The Kier molecular flexibility index (Phi) is 20.4. The normalized spacial score (nSPS) is 17.9. The molecule has 3 amide bonds. The predicted molar refractivity (Wildman–Crippen MR) is 412 cm³/mol. The van der Waals surface area contributed by atoms with Gasteiger partial charge in [-0.05, 0) is 123 Å². The zero-order chi connectivity index (χ0) is 77.8. The van der Waals surface area contributed by atoms with Gasteiger partial charge in [-0.25, -0.2) is 38.7 Å². The van der Waals surface area contributed by atoms with Crippen molar-refractivity contribution in [1.82, 2.24) is 79.3 Å². The second-order valence-corrected chi connectivity index (χ2v) is 29.6. The van der Waals surface area contributed by atoms with E-state index in [9.17, 15) is 41.4 Å². The number of carbonyl (C=O) groups is 3. The van der Waals surface area contributed by atoms with E-state index in [0.717, 1.165) is 118 Å². The molecule has 0 radical (unpaired) electrons. The Morgan fingerprint density at radius 1 is 0.549 bits per heavy atom. The van der Waals surface area contributed by atoms with Gasteiger partial charge in [-0.15, -0.1) is 0 Å². The zero-order valence-corrected chi connectivity index (χ0v) is 62.0. The summed E-state index contributed by atoms with van der Waals surface area (Å²) in [5.41, 5.74) is 18.4. The molecule has 0 unspecified atom stereocenters. The lowest BCUT2D eigenvalue weighted by Crippen LogP contribution is -2.50. The average molecular weight is 1540 g/mol. The highest BCUT2D eigenvalue weighted by molar-refractivity contribution is 6.08. The first-order valence-electron chi connectivity index (χ1n) is 37.5. The number of ether oxygens (including phenoxy) is 3. The third-order valence-electron chi connectivity index (χ3n) is 21.6. The van der Waals surface area contributed by atoms with E-state index in [1.807, 2.05) is 73.2 Å². The van der Waals surface area contributed by atoms with E-state index >= 15 is 0 Å². The first kappa shape index (κ1) is 74.1. The Hall–Kier alpha value is -11.7. The lowest BCUT2D eigenvalue weighted by molar-refractivity contribution is -0.144. The standard InChI is InChI=1S/C28H26F4N6O2.C28H27FN6O3.C26H27N7O2/c1-37(15-28(30,31)32)13-22-18(16-7-9-40-14-16)3-5-24(36-22)35-21-4-2-19(20-11-34-27(39)26(20)21)23-12-33-25-10-17(29)6-8-38(23)25;29-17-5-7-35-24(11-30-26(35)9-17)20-1-3-22(27-21(20)10-31-28(27)37)32-25-4-2-19(16-6-8-38-15-16)23(33-25)14-34-12-18(36)13-34;1-33(2)13-21-16(15-7-10-35-14-15)3-4-22(32-21)31-20-12-29-24(19-11-30-26(34)23(19)20)17-5-8-27-25-18(17)6-9-28-25/h2-6,8,10,12,16H,7,9,11,13-15H2,1H3,(H,34,39)(H,35,36);1-5,7,9,11,16,18,36H,6,8,10,12-15H2,(H,31,37)(H,32,33);3-6,8-9,12,15H,7,10-11,13-14H2,1-2H3,(H,27,28)(H,30,34)(H,31,32)/t2*16-;15-/m111/s1. The van der Waals surface area contributed by atoms with Crippen LogP contribution in [0.2, 0.25) is 0 Å². The maximum absolute atomic E-state index is 13.7. The molecule has 0 aliphatic carbocycles. The van der Waals surface area contributed by atoms with E-state index in [1.54, 1.807) is 53.7 Å². The Balaban J connectivity index is 0.000000123. The van der Waals surface area contributed by atoms with Crippen LogP contribution in [0.1, 0.15) is 119 Å². The van der Waals surface area contributed by atoms with Crippen LogP contribution < -0.4 is 31.9 Å². The number of anilines is 6. The number of aliphatic hydroxyl groups excluding tert-OH is 1. The van der Waals surface area contributed by atoms with E-state index in [-0.39, 0.29) is 42.1 Å². The Morgan fingerprint density at radius 3 is 1.53 bits per heavy atom. The number of benzene rings is 2. The summed E-state index contributed by atoms with van der Waals surface area (Å²) in [6.07, 6.45) is 10.1. The van der Waals surface area contributed by atoms with Gasteiger partial charge < -0.3 is 61.1 Å². The predicted octanol–water partition coefficient (Wildman–Crippen LogP) is 11.8. The van der Waals surface area contributed by atoms with Gasteiger partial charge in [0.25, 0.3) is 17.7 Å². The van der Waals surface area contributed by atoms with Gasteiger partial charge in [-0.2, -0.15) is 13.2 Å². The number of amides is 3. The fourth-order valence-electron chi connectivity index (χ4n) is 16.2. The zero-order valence-electron chi connectivity index (χ0n) is 62.0. The number of nitrogens with zero attached hydrogens (tertiary/aromatic N) is 12. The van der Waals surface area contributed by atoms with Crippen molar-refractivity contribution in [3.63, 3.8) is 0 Å². The number of aromatic nitrogens is 10. The van der Waals surface area contributed by atoms with Gasteiger partial charge >= 0.3 is 6.18 Å². The fourth-order valence-corrected chi connectivity index (χ4v) is 16.2. The monoisotopic (exact) mass is 1540 g/mol. The molecular formula is C82H80F5N19O7. The van der Waals surface area contributed by atoms with Crippen molar-refractivity contribution < 1.29 is 55.7 Å². The number of likely N-dealkylation sites (tertiary alicyclic amines) is 1. The molecule has 19 rings (SSSR count). The molecule has 31 heteroatoms. The van der Waals surface area contributed by atoms with Crippen molar-refractivity contribution in [2.24, 2.45) is 0 Å². The number of pyridine rings is 7. The molecule has 8 N–H and O–H groups in total. The number of hydrogen-bond donors (Lipinski definition) is 8. The van der Waals surface area contributed by atoms with Gasteiger partial charge in [0.05, 0.1) is 119 Å². The number of carbonyl (C=O) groups excluding carboxylic acids is 3. The van der Waals surface area contributed by atoms with Crippen molar-refractivity contribution in [3.05, 3.63) is 219 Å². The number of imidazole rings is 2. The number of fused-ring (bicyclic) bond motifs is 6. The highest BCUT2D eigenvalue weighted by Crippen LogP contribution is 2.42. The Bertz CT molecular complexity index is 5670. The minimum absolute atomic E-state index is 0.00722. The number of halogens is 5. The summed E-state index contributed by atoms with van der Waals surface area (Å²) < 4.78 is 86.8. The summed E-state index contributed by atoms with van der Waals surface area (Å²) in [7, 11) is 5.49. The number of aromatic amines is 1. The molecule has 0 bridgehead atoms. The Labute approximate surface area is 644 Å². The number of β-amino-alcohol motifs (C(OH)–C–C–N with tert-alkyl or cyclic N) is 1. The second-order valence-electron chi connectivity index (χ2n) is 29.6. The van der Waals surface area contributed by atoms with Crippen LogP contribution in [0, 0.1) is 11.6 Å². The number of H-pyrrole nitrogens is 1. The van der Waals surface area contributed by atoms with Crippen LogP contribution in [0.15, 0.2) is 140 Å². The molecule has 580 valence electrons. The van der Waals surface area contributed by atoms with Gasteiger partial charge in [0, 0.05) is 154 Å². The summed E-state index contributed by atoms with van der Waals surface area (Å²) in [6, 6.07) is 28.6. The number of hydrogen-bond acceptors (Lipinski definition) is 20. The lowest BCUT2D eigenvalue weighted by atomic mass is 9.96. The van der Waals surface area contributed by atoms with Crippen molar-refractivity contribution in [1.29, 1.82) is 0 Å². The van der Waals surface area contributed by atoms with Gasteiger partial charge in [-0.3, -0.25) is 38.0 Å². The fraction of sp³-hybridized carbons (Fsp3) is 0.317. The van der Waals surface area contributed by atoms with Crippen LogP contribution in [0.4, 0.5) is 56.5 Å². The first-order valence-corrected chi connectivity index (χ1v) is 37.5. The molecule has 4 saturated heterocycles. The lowest BCUT2D eigenvalue weighted by Gasteiger charge is -2.36. The summed E-state index contributed by atoms with van der Waals surface area (Å²) >= 11 is 0. The van der Waals surface area contributed by atoms with E-state index in [4.69, 9.17) is 34.1 Å². The highest BCUT2D eigenvalue weighted by atomic mass is 19.4. The van der Waals surface area contributed by atoms with E-state index in [2.05, 4.69) is 73.8 Å². The van der Waals surface area contributed by atoms with Crippen molar-refractivity contribution in [2.45, 2.75) is 88.6 Å². The Morgan fingerprint density at radius 2 is 1.04 bits per heavy atom. The minimum atomic E-state index is -4.33. The minimum Gasteiger partial charge on any atom is -0.390 e. The number of aliphatic hydroxyl groups is 1.